The molecule has 1 amide bonds. The Morgan fingerprint density at radius 1 is 1.03 bits per heavy atom. The second-order valence-electron chi connectivity index (χ2n) is 9.44. The maximum Gasteiger partial charge on any atom is 0.309 e. The first-order valence-corrected chi connectivity index (χ1v) is 13.4. The lowest BCUT2D eigenvalue weighted by molar-refractivity contribution is -0.124. The fourth-order valence-corrected chi connectivity index (χ4v) is 5.60. The van der Waals surface area contributed by atoms with E-state index >= 15 is 0 Å². The van der Waals surface area contributed by atoms with Gasteiger partial charge in [0, 0.05) is 27.2 Å². The van der Waals surface area contributed by atoms with E-state index in [9.17, 15) is 9.00 Å². The monoisotopic (exact) mass is 527 g/mol. The molecule has 1 aliphatic heterocycles. The summed E-state index contributed by atoms with van der Waals surface area (Å²) in [5.41, 5.74) is 3.81. The highest BCUT2D eigenvalue weighted by atomic mass is 32.2. The number of carbonyl (C=O) groups is 1. The molecule has 10 heteroatoms. The number of amides is 1. The molecule has 0 spiro atoms. The molecule has 2 aromatic rings. The van der Waals surface area contributed by atoms with E-state index in [2.05, 4.69) is 17.0 Å². The number of likely N-dealkylation sites (tertiary alicyclic amines) is 1. The van der Waals surface area contributed by atoms with E-state index in [4.69, 9.17) is 20.3 Å². The van der Waals surface area contributed by atoms with Crippen molar-refractivity contribution < 1.29 is 18.5 Å². The molecule has 0 radical (unpaired) electrons. The van der Waals surface area contributed by atoms with Crippen molar-refractivity contribution in [3.05, 3.63) is 58.7 Å². The van der Waals surface area contributed by atoms with Crippen LogP contribution in [0.25, 0.3) is 0 Å². The van der Waals surface area contributed by atoms with Gasteiger partial charge in [0.2, 0.25) is 5.90 Å². The summed E-state index contributed by atoms with van der Waals surface area (Å²) in [5.74, 6) is -0.924. The van der Waals surface area contributed by atoms with Crippen LogP contribution in [-0.4, -0.2) is 76.9 Å². The smallest absolute Gasteiger partial charge is 0.309 e. The van der Waals surface area contributed by atoms with E-state index in [-0.39, 0.29) is 12.4 Å². The van der Waals surface area contributed by atoms with Crippen molar-refractivity contribution in [3.8, 4) is 5.75 Å². The van der Waals surface area contributed by atoms with Gasteiger partial charge >= 0.3 is 5.91 Å². The van der Waals surface area contributed by atoms with Crippen molar-refractivity contribution in [2.45, 2.75) is 44.7 Å². The zero-order valence-corrected chi connectivity index (χ0v) is 23.1. The Morgan fingerprint density at radius 2 is 1.59 bits per heavy atom. The Bertz CT molecular complexity index is 1140. The first-order chi connectivity index (χ1) is 17.6. The quantitative estimate of drug-likeness (QED) is 0.383. The molecule has 0 aromatic heterocycles. The summed E-state index contributed by atoms with van der Waals surface area (Å²) >= 11 is 0. The van der Waals surface area contributed by atoms with Gasteiger partial charge in [-0.25, -0.2) is 8.51 Å². The second kappa shape index (κ2) is 12.9. The molecule has 1 atom stereocenters. The van der Waals surface area contributed by atoms with Gasteiger partial charge in [-0.2, -0.15) is 0 Å². The van der Waals surface area contributed by atoms with Gasteiger partial charge in [-0.1, -0.05) is 24.3 Å². The number of rotatable bonds is 9. The van der Waals surface area contributed by atoms with Crippen LogP contribution >= 0.6 is 0 Å². The summed E-state index contributed by atoms with van der Waals surface area (Å²) in [4.78, 5) is 17.1. The number of nitrogens with one attached hydrogen (secondary N) is 2. The molecule has 0 saturated carbocycles. The Labute approximate surface area is 222 Å². The highest BCUT2D eigenvalue weighted by Crippen LogP contribution is 2.25. The Morgan fingerprint density at radius 3 is 2.16 bits per heavy atom. The number of likely N-dealkylation sites (N-methyl/N-ethyl adjacent to an activating group) is 2. The fraction of sp³-hybridized carbons (Fsp3) is 0.444. The van der Waals surface area contributed by atoms with Crippen molar-refractivity contribution in [3.63, 3.8) is 0 Å². The van der Waals surface area contributed by atoms with Crippen LogP contribution in [0.5, 0.6) is 5.75 Å². The van der Waals surface area contributed by atoms with Gasteiger partial charge < -0.3 is 14.4 Å². The van der Waals surface area contributed by atoms with Crippen LogP contribution in [0, 0.1) is 24.7 Å². The maximum atomic E-state index is 13.1. The third-order valence-corrected chi connectivity index (χ3v) is 8.00. The lowest BCUT2D eigenvalue weighted by Crippen LogP contribution is -2.37. The van der Waals surface area contributed by atoms with E-state index in [1.807, 2.05) is 26.0 Å². The van der Waals surface area contributed by atoms with Gasteiger partial charge in [-0.3, -0.25) is 20.5 Å². The Balaban J connectivity index is 1.50. The van der Waals surface area contributed by atoms with Crippen molar-refractivity contribution in [2.75, 3.05) is 40.8 Å². The molecule has 1 aliphatic rings. The van der Waals surface area contributed by atoms with Crippen molar-refractivity contribution in [1.29, 1.82) is 10.8 Å². The molecule has 1 fully saturated rings. The highest BCUT2D eigenvalue weighted by Gasteiger charge is 2.22. The molecule has 3 rings (SSSR count). The lowest BCUT2D eigenvalue weighted by Gasteiger charge is -2.21. The molecule has 9 nitrogen and oxygen atoms in total. The number of benzene rings is 2. The standard InChI is InChI=1S/C27H37N5O4S/c1-19-14-23(35-5)15-20(2)25(19)37(34)31(4)18-24(28)36-26(29)27(33)30(3)16-21-8-10-22(11-9-21)17-32-12-6-7-13-32/h8-11,14-15,28-29H,6-7,12-13,16-18H2,1-5H3. The number of carbonyl (C=O) groups excluding carboxylic acids is 1. The molecule has 200 valence electrons. The van der Waals surface area contributed by atoms with Gasteiger partial charge in [-0.15, -0.1) is 0 Å². The van der Waals surface area contributed by atoms with Gasteiger partial charge in [0.25, 0.3) is 5.90 Å². The average molecular weight is 528 g/mol. The van der Waals surface area contributed by atoms with E-state index in [0.717, 1.165) is 36.3 Å². The van der Waals surface area contributed by atoms with Crippen molar-refractivity contribution in [1.82, 2.24) is 14.1 Å². The molecule has 0 aliphatic carbocycles. The zero-order valence-electron chi connectivity index (χ0n) is 22.3. The predicted molar refractivity (Wildman–Crippen MR) is 145 cm³/mol. The number of hydrogen-bond acceptors (Lipinski definition) is 7. The number of nitrogens with zero attached hydrogens (tertiary/aromatic N) is 3. The van der Waals surface area contributed by atoms with E-state index < -0.39 is 22.8 Å². The zero-order chi connectivity index (χ0) is 27.1. The predicted octanol–water partition coefficient (Wildman–Crippen LogP) is 3.49. The Kier molecular flexibility index (Phi) is 9.96. The van der Waals surface area contributed by atoms with Crippen LogP contribution in [0.1, 0.15) is 35.1 Å². The molecular formula is C27H37N5O4S. The van der Waals surface area contributed by atoms with Gasteiger partial charge in [-0.05, 0) is 74.2 Å². The van der Waals surface area contributed by atoms with Crippen LogP contribution in [0.2, 0.25) is 0 Å². The molecule has 0 bridgehead atoms. The lowest BCUT2D eigenvalue weighted by atomic mass is 10.1. The van der Waals surface area contributed by atoms with Gasteiger partial charge in [0.05, 0.1) is 18.6 Å². The molecule has 37 heavy (non-hydrogen) atoms. The molecule has 1 heterocycles. The molecular weight excluding hydrogens is 490 g/mol. The van der Waals surface area contributed by atoms with Crippen molar-refractivity contribution in [2.24, 2.45) is 0 Å². The molecule has 1 saturated heterocycles. The van der Waals surface area contributed by atoms with Crippen LogP contribution in [0.4, 0.5) is 0 Å². The second-order valence-corrected chi connectivity index (χ2v) is 11.0. The van der Waals surface area contributed by atoms with Gasteiger partial charge in [0.15, 0.2) is 0 Å². The van der Waals surface area contributed by atoms with E-state index in [1.54, 1.807) is 33.3 Å². The molecule has 2 aromatic carbocycles. The largest absolute Gasteiger partial charge is 0.497 e. The third kappa shape index (κ3) is 7.70. The van der Waals surface area contributed by atoms with Crippen LogP contribution < -0.4 is 4.74 Å². The number of ether oxygens (including phenoxy) is 2. The first kappa shape index (κ1) is 28.5. The summed E-state index contributed by atoms with van der Waals surface area (Å²) in [5, 5.41) is 16.2. The number of hydrogen-bond donors (Lipinski definition) is 2. The Hall–Kier alpha value is -3.08. The van der Waals surface area contributed by atoms with Crippen molar-refractivity contribution >= 4 is 28.7 Å². The minimum atomic E-state index is -1.56. The number of methoxy groups -OCH3 is 1. The van der Waals surface area contributed by atoms with Gasteiger partial charge in [0.1, 0.15) is 16.7 Å². The van der Waals surface area contributed by atoms with Crippen LogP contribution in [-0.2, 0) is 33.6 Å². The summed E-state index contributed by atoms with van der Waals surface area (Å²) < 4.78 is 25.0. The fourth-order valence-electron chi connectivity index (χ4n) is 4.39. The van der Waals surface area contributed by atoms with Crippen LogP contribution in [0.3, 0.4) is 0 Å². The summed E-state index contributed by atoms with van der Waals surface area (Å²) in [6, 6.07) is 11.8. The van der Waals surface area contributed by atoms with E-state index in [1.165, 1.54) is 27.6 Å². The molecule has 1 unspecified atom stereocenters. The maximum absolute atomic E-state index is 13.1. The highest BCUT2D eigenvalue weighted by molar-refractivity contribution is 7.82. The number of aryl methyl sites for hydroxylation is 2. The summed E-state index contributed by atoms with van der Waals surface area (Å²) in [7, 11) is 3.21. The van der Waals surface area contributed by atoms with Crippen LogP contribution in [0.15, 0.2) is 41.3 Å². The summed E-state index contributed by atoms with van der Waals surface area (Å²) in [6.45, 7) is 7.11. The molecule has 2 N–H and O–H groups in total. The minimum Gasteiger partial charge on any atom is -0.497 e. The first-order valence-electron chi connectivity index (χ1n) is 12.3. The SMILES string of the molecule is COc1cc(C)c(S(=O)N(C)CC(=N)OC(=N)C(=O)N(C)Cc2ccc(CN3CCCC3)cc2)c(C)c1. The van der Waals surface area contributed by atoms with E-state index in [0.29, 0.717) is 17.2 Å². The topological polar surface area (TPSA) is 110 Å². The summed E-state index contributed by atoms with van der Waals surface area (Å²) in [6.07, 6.45) is 2.51. The normalized spacial score (nSPS) is 14.4. The average Bonchev–Trinajstić information content (AvgIpc) is 3.36. The minimum absolute atomic E-state index is 0.130. The third-order valence-electron chi connectivity index (χ3n) is 6.31.